The summed E-state index contributed by atoms with van der Waals surface area (Å²) in [5.41, 5.74) is 1.71. The number of fused-ring (bicyclic) bond motifs is 4. The Morgan fingerprint density at radius 3 is 2.77 bits per heavy atom. The Morgan fingerprint density at radius 2 is 1.97 bits per heavy atom. The number of hydrogen-bond donors (Lipinski definition) is 2. The average Bonchev–Trinajstić information content (AvgIpc) is 3.21. The minimum Gasteiger partial charge on any atom is -0.373 e. The van der Waals surface area contributed by atoms with Crippen LogP contribution in [0, 0.1) is 11.6 Å². The van der Waals surface area contributed by atoms with Crippen molar-refractivity contribution < 1.29 is 18.3 Å². The number of nitrogens with one attached hydrogen (secondary N) is 2. The molecule has 1 unspecified atom stereocenters. The van der Waals surface area contributed by atoms with Gasteiger partial charge in [0.2, 0.25) is 0 Å². The summed E-state index contributed by atoms with van der Waals surface area (Å²) >= 11 is 0. The molecule has 1 aliphatic heterocycles. The largest absolute Gasteiger partial charge is 0.373 e. The molecule has 3 heterocycles. The van der Waals surface area contributed by atoms with Crippen LogP contribution in [-0.4, -0.2) is 39.6 Å². The maximum atomic E-state index is 14.0. The molecule has 152 valence electrons. The van der Waals surface area contributed by atoms with E-state index in [0.717, 1.165) is 23.0 Å². The number of rotatable bonds is 2. The molecule has 2 aromatic carbocycles. The molecular formula is C21H16F2N4O3. The number of hydrogen-bond acceptors (Lipinski definition) is 4. The normalized spacial score (nSPS) is 16.0. The first-order valence-corrected chi connectivity index (χ1v) is 9.26. The topological polar surface area (TPSA) is 91.1 Å². The predicted molar refractivity (Wildman–Crippen MR) is 105 cm³/mol. The zero-order valence-corrected chi connectivity index (χ0v) is 15.8. The molecule has 0 saturated carbocycles. The van der Waals surface area contributed by atoms with Crippen LogP contribution in [0.4, 0.5) is 8.78 Å². The van der Waals surface area contributed by atoms with E-state index in [0.29, 0.717) is 16.8 Å². The second-order valence-corrected chi connectivity index (χ2v) is 7.28. The molecule has 1 atom stereocenters. The monoisotopic (exact) mass is 410 g/mol. The summed E-state index contributed by atoms with van der Waals surface area (Å²) in [6.07, 6.45) is 1.63. The van der Waals surface area contributed by atoms with Crippen molar-refractivity contribution in [3.8, 4) is 0 Å². The first kappa shape index (κ1) is 18.4. The van der Waals surface area contributed by atoms with E-state index < -0.39 is 23.2 Å². The van der Waals surface area contributed by atoms with Gasteiger partial charge in [0, 0.05) is 29.3 Å². The van der Waals surface area contributed by atoms with Gasteiger partial charge in [0.05, 0.1) is 36.4 Å². The summed E-state index contributed by atoms with van der Waals surface area (Å²) < 4.78 is 33.3. The van der Waals surface area contributed by atoms with Crippen LogP contribution in [0.2, 0.25) is 0 Å². The highest BCUT2D eigenvalue weighted by molar-refractivity contribution is 5.98. The summed E-state index contributed by atoms with van der Waals surface area (Å²) in [6.45, 7) is 0.266. The van der Waals surface area contributed by atoms with Crippen molar-refractivity contribution in [1.29, 1.82) is 0 Å². The molecule has 0 saturated heterocycles. The molecule has 2 aromatic heterocycles. The minimum atomic E-state index is -1.10. The Labute approximate surface area is 168 Å². The first-order valence-electron chi connectivity index (χ1n) is 9.26. The van der Waals surface area contributed by atoms with E-state index in [2.05, 4.69) is 15.2 Å². The molecule has 0 bridgehead atoms. The Bertz CT molecular complexity index is 1380. The average molecular weight is 410 g/mol. The van der Waals surface area contributed by atoms with Crippen molar-refractivity contribution in [2.24, 2.45) is 0 Å². The number of benzene rings is 2. The second kappa shape index (κ2) is 6.74. The van der Waals surface area contributed by atoms with E-state index in [4.69, 9.17) is 4.74 Å². The molecular weight excluding hydrogens is 394 g/mol. The van der Waals surface area contributed by atoms with Crippen molar-refractivity contribution in [3.63, 3.8) is 0 Å². The van der Waals surface area contributed by atoms with Gasteiger partial charge in [-0.05, 0) is 35.7 Å². The van der Waals surface area contributed by atoms with Gasteiger partial charge in [-0.15, -0.1) is 0 Å². The molecule has 0 spiro atoms. The van der Waals surface area contributed by atoms with Gasteiger partial charge >= 0.3 is 0 Å². The molecule has 7 nitrogen and oxygen atoms in total. The number of ether oxygens (including phenoxy) is 1. The van der Waals surface area contributed by atoms with Crippen LogP contribution < -0.4 is 5.56 Å². The third-order valence-corrected chi connectivity index (χ3v) is 5.52. The lowest BCUT2D eigenvalue weighted by molar-refractivity contribution is 0.0336. The Morgan fingerprint density at radius 1 is 1.20 bits per heavy atom. The smallest absolute Gasteiger partial charge is 0.256 e. The lowest BCUT2D eigenvalue weighted by Crippen LogP contribution is -2.37. The molecule has 1 aliphatic rings. The van der Waals surface area contributed by atoms with E-state index in [-0.39, 0.29) is 29.9 Å². The maximum absolute atomic E-state index is 14.0. The SMILES string of the molecule is CN(C(=O)c1ccc2[nH]ncc2c1)C1COCc2[nH]c(=O)c3cc(F)c(F)cc3c21. The zero-order chi connectivity index (χ0) is 21.0. The highest BCUT2D eigenvalue weighted by atomic mass is 19.2. The standard InChI is InChI=1S/C21H16F2N4O3/c1-27(21(29)10-2-3-16-11(4-10)7-24-26-16)18-9-30-8-17-19(18)12-5-14(22)15(23)6-13(12)20(28)25-17/h2-7,18H,8-9H2,1H3,(H,24,26)(H,25,28). The molecule has 0 radical (unpaired) electrons. The highest BCUT2D eigenvalue weighted by Gasteiger charge is 2.31. The van der Waals surface area contributed by atoms with Crippen LogP contribution in [0.1, 0.15) is 27.7 Å². The number of carbonyl (C=O) groups excluding carboxylic acids is 1. The molecule has 0 fully saturated rings. The second-order valence-electron chi connectivity index (χ2n) is 7.28. The van der Waals surface area contributed by atoms with Crippen LogP contribution in [-0.2, 0) is 11.3 Å². The van der Waals surface area contributed by atoms with Crippen molar-refractivity contribution in [3.05, 3.63) is 75.3 Å². The van der Waals surface area contributed by atoms with Gasteiger partial charge in [0.15, 0.2) is 11.6 Å². The van der Waals surface area contributed by atoms with Gasteiger partial charge in [-0.2, -0.15) is 5.10 Å². The lowest BCUT2D eigenvalue weighted by Gasteiger charge is -2.34. The molecule has 30 heavy (non-hydrogen) atoms. The van der Waals surface area contributed by atoms with E-state index >= 15 is 0 Å². The molecule has 1 amide bonds. The third kappa shape index (κ3) is 2.78. The van der Waals surface area contributed by atoms with Crippen LogP contribution in [0.25, 0.3) is 21.7 Å². The maximum Gasteiger partial charge on any atom is 0.256 e. The van der Waals surface area contributed by atoms with Crippen LogP contribution >= 0.6 is 0 Å². The lowest BCUT2D eigenvalue weighted by atomic mass is 9.95. The Hall–Kier alpha value is -3.59. The van der Waals surface area contributed by atoms with Gasteiger partial charge in [-0.3, -0.25) is 14.7 Å². The molecule has 4 aromatic rings. The predicted octanol–water partition coefficient (Wildman–Crippen LogP) is 3.03. The third-order valence-electron chi connectivity index (χ3n) is 5.52. The number of amides is 1. The quantitative estimate of drug-likeness (QED) is 0.532. The van der Waals surface area contributed by atoms with E-state index in [1.165, 1.54) is 4.90 Å². The number of pyridine rings is 1. The highest BCUT2D eigenvalue weighted by Crippen LogP contribution is 2.34. The molecule has 0 aliphatic carbocycles. The van der Waals surface area contributed by atoms with Crippen molar-refractivity contribution in [1.82, 2.24) is 20.1 Å². The van der Waals surface area contributed by atoms with Crippen LogP contribution in [0.15, 0.2) is 41.3 Å². The molecule has 5 rings (SSSR count). The number of halogens is 2. The Balaban J connectivity index is 1.62. The van der Waals surface area contributed by atoms with Gasteiger partial charge in [0.25, 0.3) is 11.5 Å². The first-order chi connectivity index (χ1) is 14.4. The fourth-order valence-electron chi connectivity index (χ4n) is 3.97. The van der Waals surface area contributed by atoms with E-state index in [9.17, 15) is 18.4 Å². The van der Waals surface area contributed by atoms with Crippen molar-refractivity contribution in [2.75, 3.05) is 13.7 Å². The van der Waals surface area contributed by atoms with Crippen LogP contribution in [0.3, 0.4) is 0 Å². The van der Waals surface area contributed by atoms with E-state index in [1.807, 2.05) is 0 Å². The summed E-state index contributed by atoms with van der Waals surface area (Å²) in [5.74, 6) is -2.43. The van der Waals surface area contributed by atoms with Crippen LogP contribution in [0.5, 0.6) is 0 Å². The summed E-state index contributed by atoms with van der Waals surface area (Å²) in [5, 5.41) is 7.88. The number of carbonyl (C=O) groups is 1. The van der Waals surface area contributed by atoms with Gasteiger partial charge < -0.3 is 14.6 Å². The van der Waals surface area contributed by atoms with E-state index in [1.54, 1.807) is 31.4 Å². The van der Waals surface area contributed by atoms with Gasteiger partial charge in [0.1, 0.15) is 0 Å². The zero-order valence-electron chi connectivity index (χ0n) is 15.8. The van der Waals surface area contributed by atoms with Crippen molar-refractivity contribution >= 4 is 27.6 Å². The van der Waals surface area contributed by atoms with Crippen molar-refractivity contribution in [2.45, 2.75) is 12.6 Å². The van der Waals surface area contributed by atoms with Gasteiger partial charge in [-0.25, -0.2) is 8.78 Å². The fraction of sp³-hybridized carbons (Fsp3) is 0.190. The molecule has 2 N–H and O–H groups in total. The molecule has 9 heteroatoms. The summed E-state index contributed by atoms with van der Waals surface area (Å²) in [6, 6.07) is 6.47. The number of nitrogens with zero attached hydrogens (tertiary/aromatic N) is 2. The number of likely N-dealkylation sites (N-methyl/N-ethyl adjacent to an activating group) is 1. The number of aromatic amines is 2. The minimum absolute atomic E-state index is 0.0280. The summed E-state index contributed by atoms with van der Waals surface area (Å²) in [4.78, 5) is 29.7. The number of H-pyrrole nitrogens is 2. The van der Waals surface area contributed by atoms with Gasteiger partial charge in [-0.1, -0.05) is 0 Å². The fourth-order valence-corrected chi connectivity index (χ4v) is 3.97. The number of aromatic nitrogens is 3. The summed E-state index contributed by atoms with van der Waals surface area (Å²) in [7, 11) is 1.61. The Kier molecular flexibility index (Phi) is 4.14.